The van der Waals surface area contributed by atoms with Crippen molar-refractivity contribution in [2.75, 3.05) is 45.2 Å². The molecule has 0 amide bonds. The quantitative estimate of drug-likeness (QED) is 0.875. The average molecular weight is 247 g/mol. The molecule has 0 saturated carbocycles. The molecule has 3 heteroatoms. The normalized spacial score (nSPS) is 21.9. The lowest BCUT2D eigenvalue weighted by molar-refractivity contribution is 0.324. The van der Waals surface area contributed by atoms with Crippen LogP contribution >= 0.6 is 0 Å². The zero-order valence-electron chi connectivity index (χ0n) is 11.6. The van der Waals surface area contributed by atoms with Gasteiger partial charge in [0.1, 0.15) is 0 Å². The van der Waals surface area contributed by atoms with Crippen molar-refractivity contribution in [1.29, 1.82) is 0 Å². The van der Waals surface area contributed by atoms with Crippen LogP contribution in [-0.4, -0.2) is 51.2 Å². The first-order chi connectivity index (χ1) is 8.81. The van der Waals surface area contributed by atoms with Gasteiger partial charge in [-0.3, -0.25) is 0 Å². The number of anilines is 1. The van der Waals surface area contributed by atoms with E-state index in [1.54, 1.807) is 0 Å². The number of hydrogen-bond donors (Lipinski definition) is 1. The highest BCUT2D eigenvalue weighted by atomic mass is 15.2. The summed E-state index contributed by atoms with van der Waals surface area (Å²) in [6, 6.07) is 11.5. The molecule has 0 bridgehead atoms. The zero-order valence-corrected chi connectivity index (χ0v) is 11.6. The summed E-state index contributed by atoms with van der Waals surface area (Å²) in [5, 5.41) is 3.28. The second-order valence-corrected chi connectivity index (χ2v) is 5.19. The third kappa shape index (κ3) is 3.47. The summed E-state index contributed by atoms with van der Waals surface area (Å²) in [4.78, 5) is 5.05. The molecule has 0 spiro atoms. The molecule has 100 valence electrons. The van der Waals surface area contributed by atoms with Crippen LogP contribution in [-0.2, 0) is 0 Å². The van der Waals surface area contributed by atoms with E-state index in [0.717, 1.165) is 13.1 Å². The Labute approximate surface area is 111 Å². The van der Waals surface area contributed by atoms with Crippen LogP contribution in [0.3, 0.4) is 0 Å². The van der Waals surface area contributed by atoms with E-state index in [1.165, 1.54) is 31.6 Å². The molecule has 1 heterocycles. The highest BCUT2D eigenvalue weighted by Crippen LogP contribution is 2.21. The van der Waals surface area contributed by atoms with Crippen molar-refractivity contribution in [1.82, 2.24) is 10.2 Å². The zero-order chi connectivity index (χ0) is 12.8. The predicted octanol–water partition coefficient (Wildman–Crippen LogP) is 1.81. The number of benzene rings is 1. The van der Waals surface area contributed by atoms with Gasteiger partial charge in [-0.1, -0.05) is 18.2 Å². The molecule has 0 radical (unpaired) electrons. The van der Waals surface area contributed by atoms with Gasteiger partial charge in [-0.2, -0.15) is 0 Å². The van der Waals surface area contributed by atoms with Crippen molar-refractivity contribution >= 4 is 5.69 Å². The smallest absolute Gasteiger partial charge is 0.0429 e. The van der Waals surface area contributed by atoms with Gasteiger partial charge in [-0.05, 0) is 52.2 Å². The Morgan fingerprint density at radius 1 is 1.22 bits per heavy atom. The number of hydrogen-bond acceptors (Lipinski definition) is 3. The van der Waals surface area contributed by atoms with Gasteiger partial charge in [0.2, 0.25) is 0 Å². The number of para-hydroxylation sites is 1. The molecule has 1 aliphatic rings. The lowest BCUT2D eigenvalue weighted by Gasteiger charge is -2.33. The van der Waals surface area contributed by atoms with Crippen molar-refractivity contribution in [2.24, 2.45) is 0 Å². The molecule has 1 fully saturated rings. The molecule has 1 aliphatic heterocycles. The van der Waals surface area contributed by atoms with Crippen LogP contribution in [0, 0.1) is 0 Å². The number of nitrogens with zero attached hydrogens (tertiary/aromatic N) is 2. The highest BCUT2D eigenvalue weighted by molar-refractivity contribution is 5.47. The lowest BCUT2D eigenvalue weighted by Crippen LogP contribution is -2.41. The standard InChI is InChI=1S/C15H25N3/c1-16-10-9-15-13-17(2)11-6-12-18(15)14-7-4-3-5-8-14/h3-5,7-8,15-16H,6,9-13H2,1-2H3. The second kappa shape index (κ2) is 6.76. The van der Waals surface area contributed by atoms with Crippen molar-refractivity contribution < 1.29 is 0 Å². The van der Waals surface area contributed by atoms with E-state index in [-0.39, 0.29) is 0 Å². The van der Waals surface area contributed by atoms with Gasteiger partial charge in [-0.25, -0.2) is 0 Å². The molecule has 2 rings (SSSR count). The van der Waals surface area contributed by atoms with E-state index in [2.05, 4.69) is 52.5 Å². The fraction of sp³-hybridized carbons (Fsp3) is 0.600. The molecule has 3 nitrogen and oxygen atoms in total. The SMILES string of the molecule is CNCCC1CN(C)CCCN1c1ccccc1. The van der Waals surface area contributed by atoms with Gasteiger partial charge in [0.25, 0.3) is 0 Å². The molecule has 0 aliphatic carbocycles. The van der Waals surface area contributed by atoms with Crippen LogP contribution in [0.5, 0.6) is 0 Å². The maximum atomic E-state index is 3.28. The first kappa shape index (κ1) is 13.4. The molecule has 18 heavy (non-hydrogen) atoms. The maximum Gasteiger partial charge on any atom is 0.0429 e. The van der Waals surface area contributed by atoms with Gasteiger partial charge in [0.05, 0.1) is 0 Å². The van der Waals surface area contributed by atoms with E-state index < -0.39 is 0 Å². The van der Waals surface area contributed by atoms with Crippen LogP contribution in [0.2, 0.25) is 0 Å². The van der Waals surface area contributed by atoms with Gasteiger partial charge in [-0.15, -0.1) is 0 Å². The monoisotopic (exact) mass is 247 g/mol. The molecule has 1 aromatic rings. The Hall–Kier alpha value is -1.06. The average Bonchev–Trinajstić information content (AvgIpc) is 2.59. The van der Waals surface area contributed by atoms with E-state index >= 15 is 0 Å². The topological polar surface area (TPSA) is 18.5 Å². The minimum Gasteiger partial charge on any atom is -0.367 e. The third-order valence-electron chi connectivity index (χ3n) is 3.72. The van der Waals surface area contributed by atoms with Crippen molar-refractivity contribution in [3.05, 3.63) is 30.3 Å². The fourth-order valence-electron chi connectivity index (χ4n) is 2.76. The van der Waals surface area contributed by atoms with E-state index in [0.29, 0.717) is 6.04 Å². The minimum absolute atomic E-state index is 0.618. The molecule has 1 N–H and O–H groups in total. The molecule has 1 unspecified atom stereocenters. The Morgan fingerprint density at radius 3 is 2.72 bits per heavy atom. The molecule has 0 aromatic heterocycles. The minimum atomic E-state index is 0.618. The third-order valence-corrected chi connectivity index (χ3v) is 3.72. The van der Waals surface area contributed by atoms with Gasteiger partial charge < -0.3 is 15.1 Å². The van der Waals surface area contributed by atoms with Gasteiger partial charge >= 0.3 is 0 Å². The van der Waals surface area contributed by atoms with Gasteiger partial charge in [0, 0.05) is 24.8 Å². The molecular formula is C15H25N3. The first-order valence-corrected chi connectivity index (χ1v) is 6.96. The first-order valence-electron chi connectivity index (χ1n) is 6.96. The highest BCUT2D eigenvalue weighted by Gasteiger charge is 2.22. The molecule has 1 saturated heterocycles. The van der Waals surface area contributed by atoms with Crippen molar-refractivity contribution in [3.8, 4) is 0 Å². The summed E-state index contributed by atoms with van der Waals surface area (Å²) in [6.45, 7) is 4.63. The Bertz CT molecular complexity index is 339. The van der Waals surface area contributed by atoms with Crippen molar-refractivity contribution in [2.45, 2.75) is 18.9 Å². The van der Waals surface area contributed by atoms with Crippen molar-refractivity contribution in [3.63, 3.8) is 0 Å². The van der Waals surface area contributed by atoms with E-state index in [4.69, 9.17) is 0 Å². The maximum absolute atomic E-state index is 3.28. The summed E-state index contributed by atoms with van der Waals surface area (Å²) >= 11 is 0. The Kier molecular flexibility index (Phi) is 5.02. The van der Waals surface area contributed by atoms with Gasteiger partial charge in [0.15, 0.2) is 0 Å². The Morgan fingerprint density at radius 2 is 2.00 bits per heavy atom. The molecule has 1 aromatic carbocycles. The number of rotatable bonds is 4. The van der Waals surface area contributed by atoms with Crippen LogP contribution < -0.4 is 10.2 Å². The number of likely N-dealkylation sites (N-methyl/N-ethyl adjacent to an activating group) is 1. The summed E-state index contributed by atoms with van der Waals surface area (Å²) < 4.78 is 0. The summed E-state index contributed by atoms with van der Waals surface area (Å²) in [5.74, 6) is 0. The van der Waals surface area contributed by atoms with Crippen LogP contribution in [0.4, 0.5) is 5.69 Å². The summed E-state index contributed by atoms with van der Waals surface area (Å²) in [6.07, 6.45) is 2.46. The summed E-state index contributed by atoms with van der Waals surface area (Å²) in [7, 11) is 4.27. The lowest BCUT2D eigenvalue weighted by atomic mass is 10.1. The largest absolute Gasteiger partial charge is 0.367 e. The molecule has 1 atom stereocenters. The van der Waals surface area contributed by atoms with E-state index in [9.17, 15) is 0 Å². The molecular weight excluding hydrogens is 222 g/mol. The van der Waals surface area contributed by atoms with E-state index in [1.807, 2.05) is 7.05 Å². The van der Waals surface area contributed by atoms with Crippen LogP contribution in [0.15, 0.2) is 30.3 Å². The fourth-order valence-corrected chi connectivity index (χ4v) is 2.76. The second-order valence-electron chi connectivity index (χ2n) is 5.19. The predicted molar refractivity (Wildman–Crippen MR) is 78.2 cm³/mol. The van der Waals surface area contributed by atoms with Crippen LogP contribution in [0.1, 0.15) is 12.8 Å². The number of nitrogens with one attached hydrogen (secondary N) is 1. The van der Waals surface area contributed by atoms with Crippen LogP contribution in [0.25, 0.3) is 0 Å². The Balaban J connectivity index is 2.12. The summed E-state index contributed by atoms with van der Waals surface area (Å²) in [5.41, 5.74) is 1.37.